The van der Waals surface area contributed by atoms with Crippen LogP contribution in [-0.2, 0) is 0 Å². The van der Waals surface area contributed by atoms with Gasteiger partial charge in [0.1, 0.15) is 11.8 Å². The van der Waals surface area contributed by atoms with E-state index in [-0.39, 0.29) is 0 Å². The topological polar surface area (TPSA) is 52.8 Å². The predicted molar refractivity (Wildman–Crippen MR) is 64.3 cm³/mol. The molecule has 0 bridgehead atoms. The number of hydrogen-bond acceptors (Lipinski definition) is 4. The quantitative estimate of drug-likeness (QED) is 0.778. The Bertz CT molecular complexity index is 390. The molecule has 0 amide bonds. The van der Waals surface area contributed by atoms with E-state index in [0.29, 0.717) is 17.7 Å². The SMILES string of the molecule is CCC(CC)N(C)c1nc(C)cc(C#N)n1. The molecule has 0 atom stereocenters. The number of hydrogen-bond donors (Lipinski definition) is 0. The van der Waals surface area contributed by atoms with Crippen molar-refractivity contribution in [2.45, 2.75) is 39.7 Å². The van der Waals surface area contributed by atoms with Gasteiger partial charge in [0, 0.05) is 18.8 Å². The van der Waals surface area contributed by atoms with E-state index in [1.807, 2.05) is 18.9 Å². The summed E-state index contributed by atoms with van der Waals surface area (Å²) in [5.41, 5.74) is 1.26. The molecule has 0 aliphatic rings. The van der Waals surface area contributed by atoms with Gasteiger partial charge in [-0.3, -0.25) is 0 Å². The third-order valence-electron chi connectivity index (χ3n) is 2.76. The van der Waals surface area contributed by atoms with Crippen molar-refractivity contribution >= 4 is 5.95 Å². The number of aryl methyl sites for hydroxylation is 1. The van der Waals surface area contributed by atoms with Crippen LogP contribution >= 0.6 is 0 Å². The first kappa shape index (κ1) is 12.4. The molecule has 4 heteroatoms. The highest BCUT2D eigenvalue weighted by Crippen LogP contribution is 2.15. The second-order valence-corrected chi connectivity index (χ2v) is 3.89. The minimum absolute atomic E-state index is 0.424. The lowest BCUT2D eigenvalue weighted by atomic mass is 10.1. The van der Waals surface area contributed by atoms with Crippen LogP contribution in [0.3, 0.4) is 0 Å². The van der Waals surface area contributed by atoms with Gasteiger partial charge in [-0.2, -0.15) is 5.26 Å². The molecule has 0 spiro atoms. The highest BCUT2D eigenvalue weighted by molar-refractivity contribution is 5.36. The van der Waals surface area contributed by atoms with Gasteiger partial charge in [0.25, 0.3) is 0 Å². The molecule has 0 aliphatic heterocycles. The lowest BCUT2D eigenvalue weighted by molar-refractivity contribution is 0.580. The molecule has 0 radical (unpaired) electrons. The molecule has 4 nitrogen and oxygen atoms in total. The van der Waals surface area contributed by atoms with Crippen LogP contribution in [0.15, 0.2) is 6.07 Å². The summed E-state index contributed by atoms with van der Waals surface area (Å²) < 4.78 is 0. The molecule has 1 heterocycles. The molecular weight excluding hydrogens is 200 g/mol. The predicted octanol–water partition coefficient (Wildman–Crippen LogP) is 2.28. The summed E-state index contributed by atoms with van der Waals surface area (Å²) >= 11 is 0. The summed E-state index contributed by atoms with van der Waals surface area (Å²) in [4.78, 5) is 10.6. The average molecular weight is 218 g/mol. The van der Waals surface area contributed by atoms with Gasteiger partial charge < -0.3 is 4.90 Å². The van der Waals surface area contributed by atoms with Crippen LogP contribution in [0.5, 0.6) is 0 Å². The molecule has 1 aromatic heterocycles. The molecule has 0 saturated heterocycles. The van der Waals surface area contributed by atoms with Crippen molar-refractivity contribution in [2.75, 3.05) is 11.9 Å². The lowest BCUT2D eigenvalue weighted by Gasteiger charge is -2.26. The van der Waals surface area contributed by atoms with Crippen molar-refractivity contribution in [1.29, 1.82) is 5.26 Å². The summed E-state index contributed by atoms with van der Waals surface area (Å²) in [6.07, 6.45) is 2.10. The molecule has 0 aromatic carbocycles. The Morgan fingerprint density at radius 1 is 1.38 bits per heavy atom. The Balaban J connectivity index is 3.03. The summed E-state index contributed by atoms with van der Waals surface area (Å²) in [7, 11) is 1.98. The normalized spacial score (nSPS) is 10.2. The standard InChI is InChI=1S/C12H18N4/c1-5-11(6-2)16(4)12-14-9(3)7-10(8-13)15-12/h7,11H,5-6H2,1-4H3. The van der Waals surface area contributed by atoms with Gasteiger partial charge in [-0.15, -0.1) is 0 Å². The zero-order valence-corrected chi connectivity index (χ0v) is 10.4. The van der Waals surface area contributed by atoms with E-state index in [1.165, 1.54) is 0 Å². The molecule has 16 heavy (non-hydrogen) atoms. The van der Waals surface area contributed by atoms with Crippen molar-refractivity contribution in [3.8, 4) is 6.07 Å². The first-order chi connectivity index (χ1) is 7.62. The number of nitrogens with zero attached hydrogens (tertiary/aromatic N) is 4. The van der Waals surface area contributed by atoms with Gasteiger partial charge in [0.15, 0.2) is 0 Å². The van der Waals surface area contributed by atoms with Crippen LogP contribution in [0, 0.1) is 18.3 Å². The van der Waals surface area contributed by atoms with Crippen LogP contribution in [0.25, 0.3) is 0 Å². The van der Waals surface area contributed by atoms with Crippen LogP contribution in [0.2, 0.25) is 0 Å². The molecule has 1 rings (SSSR count). The maximum atomic E-state index is 8.86. The average Bonchev–Trinajstić information content (AvgIpc) is 2.29. The summed E-state index contributed by atoms with van der Waals surface area (Å²) in [6.45, 7) is 6.17. The molecule has 0 aliphatic carbocycles. The van der Waals surface area contributed by atoms with E-state index in [4.69, 9.17) is 5.26 Å². The van der Waals surface area contributed by atoms with E-state index in [0.717, 1.165) is 18.5 Å². The first-order valence-corrected chi connectivity index (χ1v) is 5.61. The number of rotatable bonds is 4. The van der Waals surface area contributed by atoms with Gasteiger partial charge in [-0.1, -0.05) is 13.8 Å². The fourth-order valence-corrected chi connectivity index (χ4v) is 1.77. The Morgan fingerprint density at radius 3 is 2.50 bits per heavy atom. The highest BCUT2D eigenvalue weighted by Gasteiger charge is 2.14. The van der Waals surface area contributed by atoms with Crippen molar-refractivity contribution in [1.82, 2.24) is 9.97 Å². The molecular formula is C12H18N4. The Hall–Kier alpha value is -1.63. The second kappa shape index (κ2) is 5.45. The zero-order chi connectivity index (χ0) is 12.1. The number of anilines is 1. The third-order valence-corrected chi connectivity index (χ3v) is 2.76. The van der Waals surface area contributed by atoms with E-state index >= 15 is 0 Å². The Labute approximate surface area is 96.9 Å². The zero-order valence-electron chi connectivity index (χ0n) is 10.4. The molecule has 0 N–H and O–H groups in total. The maximum absolute atomic E-state index is 8.86. The monoisotopic (exact) mass is 218 g/mol. The van der Waals surface area contributed by atoms with Gasteiger partial charge >= 0.3 is 0 Å². The highest BCUT2D eigenvalue weighted by atomic mass is 15.3. The Kier molecular flexibility index (Phi) is 4.24. The maximum Gasteiger partial charge on any atom is 0.226 e. The van der Waals surface area contributed by atoms with Crippen LogP contribution < -0.4 is 4.90 Å². The van der Waals surface area contributed by atoms with Gasteiger partial charge in [0.05, 0.1) is 0 Å². The van der Waals surface area contributed by atoms with Gasteiger partial charge in [0.2, 0.25) is 5.95 Å². The van der Waals surface area contributed by atoms with E-state index in [1.54, 1.807) is 6.07 Å². The summed E-state index contributed by atoms with van der Waals surface area (Å²) in [5.74, 6) is 0.644. The number of nitriles is 1. The van der Waals surface area contributed by atoms with Gasteiger partial charge in [-0.25, -0.2) is 9.97 Å². The third kappa shape index (κ3) is 2.69. The van der Waals surface area contributed by atoms with E-state index < -0.39 is 0 Å². The molecule has 0 saturated carbocycles. The fraction of sp³-hybridized carbons (Fsp3) is 0.583. The van der Waals surface area contributed by atoms with Crippen LogP contribution in [-0.4, -0.2) is 23.1 Å². The molecule has 1 aromatic rings. The Morgan fingerprint density at radius 2 is 2.00 bits per heavy atom. The minimum Gasteiger partial charge on any atom is -0.341 e. The molecule has 0 fully saturated rings. The lowest BCUT2D eigenvalue weighted by Crippen LogP contribution is -2.32. The summed E-state index contributed by atoms with van der Waals surface area (Å²) in [6, 6.07) is 4.18. The van der Waals surface area contributed by atoms with E-state index in [2.05, 4.69) is 29.9 Å². The smallest absolute Gasteiger partial charge is 0.226 e. The first-order valence-electron chi connectivity index (χ1n) is 5.61. The van der Waals surface area contributed by atoms with Crippen molar-refractivity contribution in [3.05, 3.63) is 17.5 Å². The number of aromatic nitrogens is 2. The largest absolute Gasteiger partial charge is 0.341 e. The molecule has 0 unspecified atom stereocenters. The fourth-order valence-electron chi connectivity index (χ4n) is 1.77. The van der Waals surface area contributed by atoms with E-state index in [9.17, 15) is 0 Å². The second-order valence-electron chi connectivity index (χ2n) is 3.89. The van der Waals surface area contributed by atoms with Crippen LogP contribution in [0.4, 0.5) is 5.95 Å². The minimum atomic E-state index is 0.424. The van der Waals surface area contributed by atoms with Crippen LogP contribution in [0.1, 0.15) is 38.1 Å². The van der Waals surface area contributed by atoms with Crippen molar-refractivity contribution in [3.63, 3.8) is 0 Å². The van der Waals surface area contributed by atoms with Crippen molar-refractivity contribution < 1.29 is 0 Å². The summed E-state index contributed by atoms with van der Waals surface area (Å²) in [5, 5.41) is 8.86. The molecule has 86 valence electrons. The van der Waals surface area contributed by atoms with Crippen molar-refractivity contribution in [2.24, 2.45) is 0 Å². The van der Waals surface area contributed by atoms with Gasteiger partial charge in [-0.05, 0) is 25.8 Å².